The molecule has 0 radical (unpaired) electrons. The summed E-state index contributed by atoms with van der Waals surface area (Å²) in [5.41, 5.74) is 7.44. The van der Waals surface area contributed by atoms with Gasteiger partial charge in [0.25, 0.3) is 0 Å². The molecule has 0 atom stereocenters. The molecular formula is C9H13FN2. The minimum absolute atomic E-state index is 0.344. The maximum absolute atomic E-state index is 11.8. The van der Waals surface area contributed by atoms with Crippen LogP contribution >= 0.6 is 0 Å². The van der Waals surface area contributed by atoms with Crippen molar-refractivity contribution in [2.75, 3.05) is 18.5 Å². The predicted molar refractivity (Wildman–Crippen MR) is 48.8 cm³/mol. The third-order valence-corrected chi connectivity index (χ3v) is 1.65. The second-order valence-corrected chi connectivity index (χ2v) is 2.48. The summed E-state index contributed by atoms with van der Waals surface area (Å²) in [5, 5.41) is 2.96. The summed E-state index contributed by atoms with van der Waals surface area (Å²) in [7, 11) is 0. The maximum Gasteiger partial charge on any atom is 0.107 e. The molecule has 66 valence electrons. The lowest BCUT2D eigenvalue weighted by atomic mass is 10.2. The quantitative estimate of drug-likeness (QED) is 0.715. The van der Waals surface area contributed by atoms with Crippen molar-refractivity contribution in [1.82, 2.24) is 0 Å². The van der Waals surface area contributed by atoms with Crippen LogP contribution in [0, 0.1) is 0 Å². The van der Waals surface area contributed by atoms with E-state index >= 15 is 0 Å². The fraction of sp³-hybridized carbons (Fsp3) is 0.333. The van der Waals surface area contributed by atoms with Gasteiger partial charge in [-0.2, -0.15) is 0 Å². The van der Waals surface area contributed by atoms with Crippen molar-refractivity contribution in [3.8, 4) is 0 Å². The minimum Gasteiger partial charge on any atom is -0.382 e. The molecule has 0 aliphatic heterocycles. The van der Waals surface area contributed by atoms with E-state index in [4.69, 9.17) is 5.73 Å². The van der Waals surface area contributed by atoms with Gasteiger partial charge < -0.3 is 11.1 Å². The van der Waals surface area contributed by atoms with Gasteiger partial charge in [0.2, 0.25) is 0 Å². The third-order valence-electron chi connectivity index (χ3n) is 1.65. The van der Waals surface area contributed by atoms with Gasteiger partial charge in [-0.1, -0.05) is 18.2 Å². The fourth-order valence-electron chi connectivity index (χ4n) is 1.05. The second kappa shape index (κ2) is 4.72. The van der Waals surface area contributed by atoms with Crippen molar-refractivity contribution in [2.24, 2.45) is 5.73 Å². The Morgan fingerprint density at radius 1 is 1.33 bits per heavy atom. The van der Waals surface area contributed by atoms with Gasteiger partial charge in [-0.05, 0) is 11.6 Å². The first-order valence-corrected chi connectivity index (χ1v) is 3.96. The summed E-state index contributed by atoms with van der Waals surface area (Å²) in [5.74, 6) is 0. The number of halogens is 1. The van der Waals surface area contributed by atoms with Crippen LogP contribution in [0.4, 0.5) is 10.1 Å². The molecule has 3 N–H and O–H groups in total. The predicted octanol–water partition coefficient (Wildman–Crippen LogP) is 1.53. The molecule has 0 bridgehead atoms. The van der Waals surface area contributed by atoms with Gasteiger partial charge in [-0.15, -0.1) is 0 Å². The first-order chi connectivity index (χ1) is 5.88. The number of para-hydroxylation sites is 1. The summed E-state index contributed by atoms with van der Waals surface area (Å²) in [6.45, 7) is 0.464. The van der Waals surface area contributed by atoms with Crippen LogP contribution in [-0.4, -0.2) is 13.2 Å². The van der Waals surface area contributed by atoms with Crippen molar-refractivity contribution in [2.45, 2.75) is 6.54 Å². The molecule has 0 spiro atoms. The average Bonchev–Trinajstić information content (AvgIpc) is 2.15. The monoisotopic (exact) mass is 168 g/mol. The van der Waals surface area contributed by atoms with Crippen LogP contribution in [0.2, 0.25) is 0 Å². The van der Waals surface area contributed by atoms with Crippen molar-refractivity contribution < 1.29 is 4.39 Å². The first-order valence-electron chi connectivity index (χ1n) is 3.96. The van der Waals surface area contributed by atoms with Gasteiger partial charge in [-0.3, -0.25) is 0 Å². The molecule has 0 saturated carbocycles. The molecule has 0 aliphatic carbocycles. The van der Waals surface area contributed by atoms with E-state index in [1.165, 1.54) is 0 Å². The van der Waals surface area contributed by atoms with E-state index in [-0.39, 0.29) is 6.67 Å². The highest BCUT2D eigenvalue weighted by Crippen LogP contribution is 2.13. The number of nitrogens with two attached hydrogens (primary N) is 1. The summed E-state index contributed by atoms with van der Waals surface area (Å²) in [6.07, 6.45) is 0. The van der Waals surface area contributed by atoms with Gasteiger partial charge in [0.15, 0.2) is 0 Å². The van der Waals surface area contributed by atoms with Crippen molar-refractivity contribution in [3.63, 3.8) is 0 Å². The molecule has 0 unspecified atom stereocenters. The average molecular weight is 168 g/mol. The van der Waals surface area contributed by atoms with Gasteiger partial charge in [-0.25, -0.2) is 4.39 Å². The molecule has 0 saturated heterocycles. The molecule has 12 heavy (non-hydrogen) atoms. The van der Waals surface area contributed by atoms with Gasteiger partial charge in [0.1, 0.15) is 6.67 Å². The van der Waals surface area contributed by atoms with Crippen LogP contribution in [0.15, 0.2) is 24.3 Å². The van der Waals surface area contributed by atoms with Crippen molar-refractivity contribution >= 4 is 5.69 Å². The summed E-state index contributed by atoms with van der Waals surface area (Å²) >= 11 is 0. The molecule has 1 aromatic rings. The van der Waals surface area contributed by atoms with Gasteiger partial charge in [0, 0.05) is 18.8 Å². The Morgan fingerprint density at radius 3 is 2.75 bits per heavy atom. The zero-order valence-corrected chi connectivity index (χ0v) is 6.89. The second-order valence-electron chi connectivity index (χ2n) is 2.48. The highest BCUT2D eigenvalue weighted by Gasteiger charge is 1.96. The van der Waals surface area contributed by atoms with E-state index < -0.39 is 0 Å². The summed E-state index contributed by atoms with van der Waals surface area (Å²) < 4.78 is 11.8. The normalized spacial score (nSPS) is 9.83. The molecule has 2 nitrogen and oxygen atoms in total. The number of nitrogens with one attached hydrogen (secondary N) is 1. The molecule has 0 fully saturated rings. The third kappa shape index (κ3) is 2.20. The van der Waals surface area contributed by atoms with Crippen molar-refractivity contribution in [1.29, 1.82) is 0 Å². The zero-order valence-electron chi connectivity index (χ0n) is 6.89. The summed E-state index contributed by atoms with van der Waals surface area (Å²) in [6, 6.07) is 7.65. The Labute approximate surface area is 71.6 Å². The summed E-state index contributed by atoms with van der Waals surface area (Å²) in [4.78, 5) is 0. The number of hydrogen-bond acceptors (Lipinski definition) is 2. The van der Waals surface area contributed by atoms with E-state index in [0.29, 0.717) is 13.1 Å². The van der Waals surface area contributed by atoms with E-state index in [1.54, 1.807) is 0 Å². The highest BCUT2D eigenvalue weighted by atomic mass is 19.1. The SMILES string of the molecule is NCc1ccccc1NCCF. The Balaban J connectivity index is 2.68. The molecule has 0 amide bonds. The topological polar surface area (TPSA) is 38.0 Å². The molecule has 0 aromatic heterocycles. The standard InChI is InChI=1S/C9H13FN2/c10-5-6-12-9-4-2-1-3-8(9)7-11/h1-4,12H,5-7,11H2. The molecule has 1 rings (SSSR count). The number of rotatable bonds is 4. The number of alkyl halides is 1. The lowest BCUT2D eigenvalue weighted by Crippen LogP contribution is -2.07. The number of anilines is 1. The Hall–Kier alpha value is -1.09. The number of hydrogen-bond donors (Lipinski definition) is 2. The Kier molecular flexibility index (Phi) is 3.54. The molecule has 0 aliphatic rings. The molecule has 0 heterocycles. The largest absolute Gasteiger partial charge is 0.382 e. The molecular weight excluding hydrogens is 155 g/mol. The highest BCUT2D eigenvalue weighted by molar-refractivity contribution is 5.50. The lowest BCUT2D eigenvalue weighted by Gasteiger charge is -2.08. The van der Waals surface area contributed by atoms with Crippen LogP contribution in [0.1, 0.15) is 5.56 Å². The van der Waals surface area contributed by atoms with E-state index in [9.17, 15) is 4.39 Å². The van der Waals surface area contributed by atoms with Crippen molar-refractivity contribution in [3.05, 3.63) is 29.8 Å². The van der Waals surface area contributed by atoms with Crippen LogP contribution < -0.4 is 11.1 Å². The van der Waals surface area contributed by atoms with E-state index in [2.05, 4.69) is 5.32 Å². The molecule has 1 aromatic carbocycles. The Morgan fingerprint density at radius 2 is 2.08 bits per heavy atom. The maximum atomic E-state index is 11.8. The van der Waals surface area contributed by atoms with Gasteiger partial charge >= 0.3 is 0 Å². The lowest BCUT2D eigenvalue weighted by molar-refractivity contribution is 0.512. The fourth-order valence-corrected chi connectivity index (χ4v) is 1.05. The van der Waals surface area contributed by atoms with Crippen LogP contribution in [0.5, 0.6) is 0 Å². The first kappa shape index (κ1) is 9.00. The smallest absolute Gasteiger partial charge is 0.107 e. The van der Waals surface area contributed by atoms with Crippen LogP contribution in [0.25, 0.3) is 0 Å². The van der Waals surface area contributed by atoms with Crippen LogP contribution in [-0.2, 0) is 6.54 Å². The number of benzene rings is 1. The van der Waals surface area contributed by atoms with E-state index in [0.717, 1.165) is 11.3 Å². The molecule has 3 heteroatoms. The minimum atomic E-state index is -0.362. The zero-order chi connectivity index (χ0) is 8.81. The van der Waals surface area contributed by atoms with Crippen LogP contribution in [0.3, 0.4) is 0 Å². The Bertz CT molecular complexity index is 238. The van der Waals surface area contributed by atoms with Gasteiger partial charge in [0.05, 0.1) is 0 Å². The van der Waals surface area contributed by atoms with E-state index in [1.807, 2.05) is 24.3 Å².